The van der Waals surface area contributed by atoms with Gasteiger partial charge >= 0.3 is 0 Å². The lowest BCUT2D eigenvalue weighted by atomic mass is 10.1. The number of hydrogen-bond donors (Lipinski definition) is 1. The van der Waals surface area contributed by atoms with Crippen LogP contribution in [0.1, 0.15) is 18.5 Å². The Bertz CT molecular complexity index is 542. The Morgan fingerprint density at radius 3 is 3.00 bits per heavy atom. The van der Waals surface area contributed by atoms with Crippen molar-refractivity contribution >= 4 is 5.95 Å². The molecule has 1 aliphatic carbocycles. The number of hydrogen-bond acceptors (Lipinski definition) is 4. The van der Waals surface area contributed by atoms with Crippen LogP contribution >= 0.6 is 0 Å². The highest BCUT2D eigenvalue weighted by molar-refractivity contribution is 5.62. The van der Waals surface area contributed by atoms with E-state index in [-0.39, 0.29) is 0 Å². The summed E-state index contributed by atoms with van der Waals surface area (Å²) in [7, 11) is 1.98. The van der Waals surface area contributed by atoms with Gasteiger partial charge in [0.1, 0.15) is 0 Å². The highest BCUT2D eigenvalue weighted by atomic mass is 15.3. The predicted octanol–water partition coefficient (Wildman–Crippen LogP) is 1.41. The maximum absolute atomic E-state index is 5.62. The maximum Gasteiger partial charge on any atom is 0.220 e. The van der Waals surface area contributed by atoms with Crippen LogP contribution in [0.25, 0.3) is 11.3 Å². The highest BCUT2D eigenvalue weighted by Crippen LogP contribution is 2.35. The Labute approximate surface area is 99.7 Å². The molecule has 3 rings (SSSR count). The van der Waals surface area contributed by atoms with Crippen LogP contribution in [0.3, 0.4) is 0 Å². The predicted molar refractivity (Wildman–Crippen MR) is 65.1 cm³/mol. The van der Waals surface area contributed by atoms with E-state index >= 15 is 0 Å². The number of aromatic nitrogens is 4. The fourth-order valence-corrected chi connectivity index (χ4v) is 2.04. The van der Waals surface area contributed by atoms with E-state index in [1.54, 1.807) is 6.20 Å². The summed E-state index contributed by atoms with van der Waals surface area (Å²) < 4.78 is 1.94. The van der Waals surface area contributed by atoms with Gasteiger partial charge in [-0.3, -0.25) is 4.68 Å². The van der Waals surface area contributed by atoms with Gasteiger partial charge in [-0.1, -0.05) is 0 Å². The third-order valence-electron chi connectivity index (χ3n) is 3.19. The number of nitrogens with zero attached hydrogens (tertiary/aromatic N) is 4. The molecule has 88 valence electrons. The molecule has 5 heteroatoms. The van der Waals surface area contributed by atoms with Crippen molar-refractivity contribution in [2.24, 2.45) is 13.0 Å². The van der Waals surface area contributed by atoms with Gasteiger partial charge in [0.2, 0.25) is 5.95 Å². The Hall–Kier alpha value is -1.91. The molecule has 17 heavy (non-hydrogen) atoms. The van der Waals surface area contributed by atoms with Crippen molar-refractivity contribution < 1.29 is 0 Å². The van der Waals surface area contributed by atoms with E-state index in [0.29, 0.717) is 5.95 Å². The van der Waals surface area contributed by atoms with Crippen LogP contribution in [0.5, 0.6) is 0 Å². The van der Waals surface area contributed by atoms with Gasteiger partial charge in [0.15, 0.2) is 0 Å². The van der Waals surface area contributed by atoms with Gasteiger partial charge in [-0.25, -0.2) is 9.97 Å². The fraction of sp³-hybridized carbons (Fsp3) is 0.417. The minimum atomic E-state index is 0.309. The molecule has 5 nitrogen and oxygen atoms in total. The molecule has 0 aromatic carbocycles. The summed E-state index contributed by atoms with van der Waals surface area (Å²) in [5, 5.41) is 4.32. The summed E-state index contributed by atoms with van der Waals surface area (Å²) >= 11 is 0. The molecule has 2 aromatic rings. The van der Waals surface area contributed by atoms with Crippen LogP contribution in [0.4, 0.5) is 5.95 Å². The zero-order valence-electron chi connectivity index (χ0n) is 9.80. The molecule has 0 spiro atoms. The lowest BCUT2D eigenvalue weighted by Crippen LogP contribution is -2.02. The van der Waals surface area contributed by atoms with E-state index in [2.05, 4.69) is 15.1 Å². The van der Waals surface area contributed by atoms with E-state index in [4.69, 9.17) is 5.73 Å². The van der Waals surface area contributed by atoms with E-state index < -0.39 is 0 Å². The van der Waals surface area contributed by atoms with Gasteiger partial charge in [-0.05, 0) is 31.2 Å². The summed E-state index contributed by atoms with van der Waals surface area (Å²) in [6.07, 6.45) is 7.29. The number of aryl methyl sites for hydroxylation is 1. The summed E-state index contributed by atoms with van der Waals surface area (Å²) in [4.78, 5) is 8.17. The first-order chi connectivity index (χ1) is 8.24. The van der Waals surface area contributed by atoms with E-state index in [0.717, 1.165) is 23.6 Å². The van der Waals surface area contributed by atoms with Crippen LogP contribution < -0.4 is 5.73 Å². The van der Waals surface area contributed by atoms with Crippen molar-refractivity contribution in [1.82, 2.24) is 19.7 Å². The van der Waals surface area contributed by atoms with Crippen LogP contribution in [0.15, 0.2) is 18.5 Å². The first-order valence-electron chi connectivity index (χ1n) is 5.84. The maximum atomic E-state index is 5.62. The normalized spacial score (nSPS) is 15.1. The van der Waals surface area contributed by atoms with Crippen molar-refractivity contribution in [1.29, 1.82) is 0 Å². The van der Waals surface area contributed by atoms with Gasteiger partial charge in [0.25, 0.3) is 0 Å². The Balaban J connectivity index is 2.01. The minimum absolute atomic E-state index is 0.309. The molecule has 1 aliphatic rings. The SMILES string of the molecule is Cn1ncc(-c2ccnc(N)n2)c1CC1CC1. The van der Waals surface area contributed by atoms with Crippen molar-refractivity contribution in [3.63, 3.8) is 0 Å². The molecule has 2 heterocycles. The van der Waals surface area contributed by atoms with Gasteiger partial charge in [-0.2, -0.15) is 5.10 Å². The van der Waals surface area contributed by atoms with E-state index in [1.807, 2.05) is 24.0 Å². The minimum Gasteiger partial charge on any atom is -0.368 e. The average molecular weight is 229 g/mol. The average Bonchev–Trinajstić information content (AvgIpc) is 3.04. The van der Waals surface area contributed by atoms with Crippen LogP contribution in [0.2, 0.25) is 0 Å². The lowest BCUT2D eigenvalue weighted by Gasteiger charge is -2.05. The molecule has 0 bridgehead atoms. The standard InChI is InChI=1S/C12H15N5/c1-17-11(6-8-2-3-8)9(7-15-17)10-4-5-14-12(13)16-10/h4-5,7-8H,2-3,6H2,1H3,(H2,13,14,16). The third-order valence-corrected chi connectivity index (χ3v) is 3.19. The molecule has 2 N–H and O–H groups in total. The second-order valence-electron chi connectivity index (χ2n) is 4.58. The summed E-state index contributed by atoms with van der Waals surface area (Å²) in [5.41, 5.74) is 8.80. The Kier molecular flexibility index (Phi) is 2.31. The smallest absolute Gasteiger partial charge is 0.220 e. The fourth-order valence-electron chi connectivity index (χ4n) is 2.04. The zero-order chi connectivity index (χ0) is 11.8. The summed E-state index contributed by atoms with van der Waals surface area (Å²) in [6.45, 7) is 0. The van der Waals surface area contributed by atoms with Crippen LogP contribution in [0, 0.1) is 5.92 Å². The van der Waals surface area contributed by atoms with Gasteiger partial charge < -0.3 is 5.73 Å². The molecule has 2 aromatic heterocycles. The molecule has 0 unspecified atom stereocenters. The molecule has 1 saturated carbocycles. The first-order valence-corrected chi connectivity index (χ1v) is 5.84. The zero-order valence-corrected chi connectivity index (χ0v) is 9.80. The van der Waals surface area contributed by atoms with Crippen molar-refractivity contribution in [3.8, 4) is 11.3 Å². The quantitative estimate of drug-likeness (QED) is 0.864. The van der Waals surface area contributed by atoms with Crippen molar-refractivity contribution in [2.45, 2.75) is 19.3 Å². The lowest BCUT2D eigenvalue weighted by molar-refractivity contribution is 0.677. The van der Waals surface area contributed by atoms with Crippen LogP contribution in [-0.2, 0) is 13.5 Å². The second kappa shape index (κ2) is 3.84. The topological polar surface area (TPSA) is 69.6 Å². The molecule has 1 fully saturated rings. The molecular weight excluding hydrogens is 214 g/mol. The van der Waals surface area contributed by atoms with Crippen molar-refractivity contribution in [2.75, 3.05) is 5.73 Å². The van der Waals surface area contributed by atoms with Gasteiger partial charge in [0, 0.05) is 24.5 Å². The third kappa shape index (κ3) is 2.00. The number of nitrogens with two attached hydrogens (primary N) is 1. The Morgan fingerprint density at radius 2 is 2.29 bits per heavy atom. The van der Waals surface area contributed by atoms with Gasteiger partial charge in [-0.15, -0.1) is 0 Å². The monoisotopic (exact) mass is 229 g/mol. The molecule has 0 saturated heterocycles. The second-order valence-corrected chi connectivity index (χ2v) is 4.58. The number of anilines is 1. The summed E-state index contributed by atoms with van der Waals surface area (Å²) in [6, 6.07) is 1.88. The van der Waals surface area contributed by atoms with Crippen molar-refractivity contribution in [3.05, 3.63) is 24.2 Å². The molecule has 0 atom stereocenters. The van der Waals surface area contributed by atoms with Crippen LogP contribution in [-0.4, -0.2) is 19.7 Å². The van der Waals surface area contributed by atoms with Gasteiger partial charge in [0.05, 0.1) is 11.9 Å². The molecule has 0 amide bonds. The molecule has 0 aliphatic heterocycles. The number of nitrogen functional groups attached to an aromatic ring is 1. The summed E-state index contributed by atoms with van der Waals surface area (Å²) in [5.74, 6) is 1.13. The highest BCUT2D eigenvalue weighted by Gasteiger charge is 2.25. The number of rotatable bonds is 3. The first kappa shape index (κ1) is 10.3. The van der Waals surface area contributed by atoms with E-state index in [9.17, 15) is 0 Å². The molecular formula is C12H15N5. The van der Waals surface area contributed by atoms with E-state index in [1.165, 1.54) is 18.5 Å². The molecule has 0 radical (unpaired) electrons. The largest absolute Gasteiger partial charge is 0.368 e. The Morgan fingerprint density at radius 1 is 1.47 bits per heavy atom.